The van der Waals surface area contributed by atoms with Crippen molar-refractivity contribution in [3.8, 4) is 0 Å². The van der Waals surface area contributed by atoms with Crippen LogP contribution in [0, 0.1) is 39.4 Å². The number of piperidine rings is 1. The van der Waals surface area contributed by atoms with E-state index < -0.39 is 0 Å². The molecule has 3 fully saturated rings. The monoisotopic (exact) mass is 1220 g/mol. The van der Waals surface area contributed by atoms with E-state index in [0.29, 0.717) is 69.9 Å². The summed E-state index contributed by atoms with van der Waals surface area (Å²) in [5, 5.41) is 0. The second-order valence-corrected chi connectivity index (χ2v) is 26.8. The highest BCUT2D eigenvalue weighted by Crippen LogP contribution is 2.36. The first-order chi connectivity index (χ1) is 44.2. The molecule has 3 aromatic heterocycles. The van der Waals surface area contributed by atoms with Gasteiger partial charge in [0, 0.05) is 139 Å². The minimum atomic E-state index is -0.143. The zero-order chi connectivity index (χ0) is 62.4. The van der Waals surface area contributed by atoms with Crippen molar-refractivity contribution in [2.75, 3.05) is 39.3 Å². The minimum absolute atomic E-state index is 0.143. The lowest BCUT2D eigenvalue weighted by Gasteiger charge is -2.41. The summed E-state index contributed by atoms with van der Waals surface area (Å²) in [5.74, 6) is 1.31. The van der Waals surface area contributed by atoms with Gasteiger partial charge in [-0.05, 0) is 195 Å². The number of hydrogen-bond acceptors (Lipinski definition) is 11. The summed E-state index contributed by atoms with van der Waals surface area (Å²) in [6.07, 6.45) is 15.3. The summed E-state index contributed by atoms with van der Waals surface area (Å²) in [7, 11) is 0. The van der Waals surface area contributed by atoms with Crippen molar-refractivity contribution in [2.45, 2.75) is 157 Å². The van der Waals surface area contributed by atoms with Crippen molar-refractivity contribution in [1.82, 2.24) is 39.5 Å². The summed E-state index contributed by atoms with van der Waals surface area (Å²) in [6, 6.07) is 31.8. The van der Waals surface area contributed by atoms with Gasteiger partial charge in [-0.1, -0.05) is 50.1 Å². The lowest BCUT2D eigenvalue weighted by molar-refractivity contribution is -0.136. The molecule has 0 unspecified atom stereocenters. The van der Waals surface area contributed by atoms with Gasteiger partial charge in [0.1, 0.15) is 5.82 Å². The number of carbonyl (C=O) groups is 3. The smallest absolute Gasteiger partial charge is 0.227 e. The molecule has 2 saturated heterocycles. The molecule has 91 heavy (non-hydrogen) atoms. The maximum absolute atomic E-state index is 14.5. The Balaban J connectivity index is 0.000000120. The zero-order valence-corrected chi connectivity index (χ0v) is 53.4. The topological polar surface area (TPSA) is 143 Å². The number of aliphatic imine (C=N–C) groups is 3. The first kappa shape index (κ1) is 60.2. The number of benzene rings is 4. The normalized spacial score (nSPS) is 20.2. The summed E-state index contributed by atoms with van der Waals surface area (Å²) >= 11 is 0. The van der Waals surface area contributed by atoms with Crippen molar-refractivity contribution < 1.29 is 18.8 Å². The molecule has 14 nitrogen and oxygen atoms in total. The van der Waals surface area contributed by atoms with Gasteiger partial charge in [0.2, 0.25) is 17.7 Å². The predicted molar refractivity (Wildman–Crippen MR) is 354 cm³/mol. The Morgan fingerprint density at radius 3 is 1.42 bits per heavy atom. The van der Waals surface area contributed by atoms with E-state index in [1.165, 1.54) is 86.9 Å². The van der Waals surface area contributed by atoms with Gasteiger partial charge in [-0.2, -0.15) is 0 Å². The molecule has 7 aromatic rings. The summed E-state index contributed by atoms with van der Waals surface area (Å²) in [5.41, 5.74) is 25.8. The number of nitrogens with zero attached hydrogens (tertiary/aromatic N) is 11. The van der Waals surface area contributed by atoms with Crippen LogP contribution in [0.1, 0.15) is 164 Å². The molecule has 0 radical (unpaired) electrons. The van der Waals surface area contributed by atoms with Crippen LogP contribution in [0.2, 0.25) is 0 Å². The molecule has 11 heterocycles. The minimum Gasteiger partial charge on any atom is -0.338 e. The number of likely N-dealkylation sites (N-methyl/N-ethyl adjacent to an activating group) is 1. The molecule has 8 aliphatic heterocycles. The van der Waals surface area contributed by atoms with Gasteiger partial charge in [0.15, 0.2) is 0 Å². The third kappa shape index (κ3) is 12.7. The Bertz CT molecular complexity index is 4130. The Kier molecular flexibility index (Phi) is 17.0. The summed E-state index contributed by atoms with van der Waals surface area (Å²) < 4.78 is 14.5. The number of rotatable bonds is 10. The van der Waals surface area contributed by atoms with Crippen LogP contribution in [0.25, 0.3) is 0 Å². The van der Waals surface area contributed by atoms with E-state index in [0.717, 1.165) is 139 Å². The molecule has 0 spiro atoms. The first-order valence-electron chi connectivity index (χ1n) is 33.2. The van der Waals surface area contributed by atoms with E-state index >= 15 is 0 Å². The van der Waals surface area contributed by atoms with Gasteiger partial charge in [0.05, 0.1) is 56.0 Å². The molecule has 0 N–H and O–H groups in total. The van der Waals surface area contributed by atoms with Crippen LogP contribution in [0.3, 0.4) is 0 Å². The Morgan fingerprint density at radius 1 is 0.473 bits per heavy atom. The zero-order valence-electron chi connectivity index (χ0n) is 53.4. The number of aryl methyl sites for hydroxylation is 4. The molecule has 9 aliphatic rings. The third-order valence-corrected chi connectivity index (χ3v) is 20.4. The van der Waals surface area contributed by atoms with Crippen LogP contribution >= 0.6 is 0 Å². The fourth-order valence-electron chi connectivity index (χ4n) is 15.6. The van der Waals surface area contributed by atoms with Gasteiger partial charge in [-0.15, -0.1) is 0 Å². The van der Waals surface area contributed by atoms with Gasteiger partial charge >= 0.3 is 0 Å². The standard InChI is InChI=1S/C30H31FN4O.C23H26N4O.C23H25N3O/c1-19-5-6-22(28(31)10-19)16-34-9-3-4-26(18-34)35-17-25-13-27-24(12-23(25)14-29(35)36)15-33-30(27)21-7-8-32-20(2)11-21;1-3-26-7-5-20(14-26)27-13-19-10-21-18(9-17(19)11-22(27)28)12-25-23(21)16-4-6-24-15(2)8-16;1-15-8-17(6-7-24-15)23-21-10-20-14-26(13-16-4-2-3-5-16)22(27)11-18(20)9-19(21)12-25-23/h5-8,10-13,26H,3-4,9,14-18H2,1-2H3;4,6,8-10,20H,3,5,7,11-14H2,1-2H3;6-10,16H,2-5,11-14H2,1H3/t26-;20-;/m11./s1. The fraction of sp³-hybridized carbons (Fsp3) is 0.408. The summed E-state index contributed by atoms with van der Waals surface area (Å²) in [6.45, 7) is 20.7. The molecule has 16 rings (SSSR count). The van der Waals surface area contributed by atoms with Crippen LogP contribution in [-0.2, 0) is 79.5 Å². The third-order valence-electron chi connectivity index (χ3n) is 20.4. The van der Waals surface area contributed by atoms with Gasteiger partial charge < -0.3 is 19.6 Å². The average molecular weight is 1220 g/mol. The molecule has 15 heteroatoms. The van der Waals surface area contributed by atoms with Crippen molar-refractivity contribution in [1.29, 1.82) is 0 Å². The Morgan fingerprint density at radius 2 is 0.945 bits per heavy atom. The molecule has 4 aromatic carbocycles. The van der Waals surface area contributed by atoms with Crippen LogP contribution in [0.15, 0.2) is 125 Å². The molecule has 3 amide bonds. The Labute approximate surface area is 534 Å². The molecule has 1 saturated carbocycles. The lowest BCUT2D eigenvalue weighted by atomic mass is 9.90. The fourth-order valence-corrected chi connectivity index (χ4v) is 15.6. The number of halogens is 1. The number of amides is 3. The van der Waals surface area contributed by atoms with Gasteiger partial charge in [-0.3, -0.25) is 49.2 Å². The lowest BCUT2D eigenvalue weighted by Crippen LogP contribution is -2.51. The van der Waals surface area contributed by atoms with Gasteiger partial charge in [0.25, 0.3) is 0 Å². The largest absolute Gasteiger partial charge is 0.338 e. The maximum Gasteiger partial charge on any atom is 0.227 e. The molecular formula is C76H82FN11O3. The van der Waals surface area contributed by atoms with Crippen LogP contribution in [-0.4, -0.2) is 126 Å². The highest BCUT2D eigenvalue weighted by Gasteiger charge is 2.37. The van der Waals surface area contributed by atoms with Crippen molar-refractivity contribution in [3.63, 3.8) is 0 Å². The number of likely N-dealkylation sites (tertiary alicyclic amines) is 2. The second kappa shape index (κ2) is 25.7. The van der Waals surface area contributed by atoms with Crippen LogP contribution in [0.5, 0.6) is 0 Å². The van der Waals surface area contributed by atoms with E-state index in [2.05, 4.69) is 101 Å². The number of hydrogen-bond donors (Lipinski definition) is 0. The maximum atomic E-state index is 14.5. The van der Waals surface area contributed by atoms with E-state index in [1.54, 1.807) is 6.07 Å². The Hall–Kier alpha value is -8.40. The van der Waals surface area contributed by atoms with Crippen molar-refractivity contribution >= 4 is 34.9 Å². The number of aromatic nitrogens is 3. The summed E-state index contributed by atoms with van der Waals surface area (Å²) in [4.78, 5) is 77.1. The quantitative estimate of drug-likeness (QED) is 0.132. The molecule has 2 atom stereocenters. The second-order valence-electron chi connectivity index (χ2n) is 26.8. The first-order valence-corrected chi connectivity index (χ1v) is 33.2. The van der Waals surface area contributed by atoms with Gasteiger partial charge in [-0.25, -0.2) is 4.39 Å². The number of pyridine rings is 3. The van der Waals surface area contributed by atoms with E-state index in [9.17, 15) is 18.8 Å². The molecular weight excluding hydrogens is 1130 g/mol. The number of fused-ring (bicyclic) bond motifs is 6. The number of carbonyl (C=O) groups excluding carboxylic acids is 3. The predicted octanol–water partition coefficient (Wildman–Crippen LogP) is 11.3. The highest BCUT2D eigenvalue weighted by molar-refractivity contribution is 6.17. The molecule has 466 valence electrons. The molecule has 0 bridgehead atoms. The van der Waals surface area contributed by atoms with Crippen molar-refractivity contribution in [3.05, 3.63) is 227 Å². The molecule has 1 aliphatic carbocycles. The van der Waals surface area contributed by atoms with Crippen molar-refractivity contribution in [2.24, 2.45) is 20.9 Å². The van der Waals surface area contributed by atoms with Crippen LogP contribution in [0.4, 0.5) is 4.39 Å². The SMILES string of the molecule is CCN1CC[C@@H](N2Cc3cc4c(cc3CC2=O)CN=C4c2ccnc(C)c2)C1.Cc1cc(C2=NCc3cc4c(cc32)CN(CC2CCCC2)C(=O)C4)ccn1.Cc1ccc(CN2CCC[C@@H](N3Cc4cc5c(cc4CC3=O)CN=C5c3ccnc(C)c3)C2)c(F)c1. The van der Waals surface area contributed by atoms with E-state index in [4.69, 9.17) is 15.0 Å². The van der Waals surface area contributed by atoms with E-state index in [1.807, 2.05) is 76.6 Å². The average Bonchev–Trinajstić information content (AvgIpc) is 1.79. The highest BCUT2D eigenvalue weighted by atomic mass is 19.1. The van der Waals surface area contributed by atoms with E-state index in [-0.39, 0.29) is 23.7 Å². The van der Waals surface area contributed by atoms with Crippen LogP contribution < -0.4 is 0 Å².